The van der Waals surface area contributed by atoms with E-state index >= 15 is 0 Å². The minimum Gasteiger partial charge on any atom is -0.374 e. The molecule has 0 bridgehead atoms. The Kier molecular flexibility index (Phi) is 1.57. The number of nitroso groups, excluding NO2 is 1. The van der Waals surface area contributed by atoms with Crippen molar-refractivity contribution in [3.63, 3.8) is 0 Å². The summed E-state index contributed by atoms with van der Waals surface area (Å²) in [4.78, 5) is 12.5. The minimum absolute atomic E-state index is 0.594. The fraction of sp³-hybridized carbons (Fsp3) is 0.333. The Morgan fingerprint density at radius 1 is 1.50 bits per heavy atom. The Hall–Kier alpha value is -1.38. The molecule has 2 rings (SSSR count). The van der Waals surface area contributed by atoms with Crippen molar-refractivity contribution >= 4 is 11.4 Å². The molecule has 0 aromatic heterocycles. The lowest BCUT2D eigenvalue weighted by atomic mass is 10.1. The van der Waals surface area contributed by atoms with Gasteiger partial charge in [-0.3, -0.25) is 0 Å². The molecule has 3 nitrogen and oxygen atoms in total. The van der Waals surface area contributed by atoms with Crippen LogP contribution >= 0.6 is 0 Å². The minimum atomic E-state index is 0.594. The van der Waals surface area contributed by atoms with E-state index < -0.39 is 0 Å². The summed E-state index contributed by atoms with van der Waals surface area (Å²) in [7, 11) is 2.03. The van der Waals surface area contributed by atoms with Crippen molar-refractivity contribution in [3.05, 3.63) is 28.7 Å². The van der Waals surface area contributed by atoms with E-state index in [0.717, 1.165) is 24.2 Å². The molecular weight excluding hydrogens is 152 g/mol. The third kappa shape index (κ3) is 0.897. The Balaban J connectivity index is 2.57. The first-order chi connectivity index (χ1) is 5.83. The highest BCUT2D eigenvalue weighted by Gasteiger charge is 2.18. The molecule has 0 N–H and O–H groups in total. The van der Waals surface area contributed by atoms with Gasteiger partial charge >= 0.3 is 0 Å². The SMILES string of the molecule is CN1CCc2c(N=O)cccc21. The van der Waals surface area contributed by atoms with Gasteiger partial charge in [0.1, 0.15) is 5.69 Å². The first-order valence-corrected chi connectivity index (χ1v) is 3.99. The van der Waals surface area contributed by atoms with E-state index in [-0.39, 0.29) is 0 Å². The molecule has 0 unspecified atom stereocenters. The highest BCUT2D eigenvalue weighted by Crippen LogP contribution is 2.33. The zero-order valence-electron chi connectivity index (χ0n) is 6.95. The van der Waals surface area contributed by atoms with Crippen molar-refractivity contribution in [1.82, 2.24) is 0 Å². The van der Waals surface area contributed by atoms with E-state index in [9.17, 15) is 4.91 Å². The number of hydrogen-bond donors (Lipinski definition) is 0. The van der Waals surface area contributed by atoms with Crippen LogP contribution in [0.1, 0.15) is 5.56 Å². The second-order valence-corrected chi connectivity index (χ2v) is 3.04. The van der Waals surface area contributed by atoms with Gasteiger partial charge in [-0.15, -0.1) is 4.91 Å². The van der Waals surface area contributed by atoms with E-state index in [1.165, 1.54) is 0 Å². The zero-order chi connectivity index (χ0) is 8.55. The smallest absolute Gasteiger partial charge is 0.113 e. The lowest BCUT2D eigenvalue weighted by Crippen LogP contribution is -2.12. The van der Waals surface area contributed by atoms with Gasteiger partial charge in [0.15, 0.2) is 0 Å². The largest absolute Gasteiger partial charge is 0.374 e. The Bertz CT molecular complexity index is 322. The van der Waals surface area contributed by atoms with Crippen LogP contribution in [0.25, 0.3) is 0 Å². The van der Waals surface area contributed by atoms with Gasteiger partial charge in [0.2, 0.25) is 0 Å². The normalized spacial score (nSPS) is 14.6. The zero-order valence-corrected chi connectivity index (χ0v) is 6.95. The summed E-state index contributed by atoms with van der Waals surface area (Å²) in [5.74, 6) is 0. The maximum atomic E-state index is 10.4. The lowest BCUT2D eigenvalue weighted by Gasteiger charge is -2.10. The van der Waals surface area contributed by atoms with Gasteiger partial charge in [-0.2, -0.15) is 0 Å². The van der Waals surface area contributed by atoms with Crippen LogP contribution < -0.4 is 4.90 Å². The summed E-state index contributed by atoms with van der Waals surface area (Å²) in [5, 5.41) is 3.00. The molecule has 62 valence electrons. The van der Waals surface area contributed by atoms with Gasteiger partial charge in [0.25, 0.3) is 0 Å². The second kappa shape index (κ2) is 2.59. The Morgan fingerprint density at radius 2 is 2.33 bits per heavy atom. The Morgan fingerprint density at radius 3 is 3.08 bits per heavy atom. The number of likely N-dealkylation sites (N-methyl/N-ethyl adjacent to an activating group) is 1. The van der Waals surface area contributed by atoms with E-state index in [1.807, 2.05) is 19.2 Å². The first-order valence-electron chi connectivity index (χ1n) is 3.99. The number of nitrogens with zero attached hydrogens (tertiary/aromatic N) is 2. The summed E-state index contributed by atoms with van der Waals surface area (Å²) in [5.41, 5.74) is 2.83. The van der Waals surface area contributed by atoms with Crippen LogP contribution in [0, 0.1) is 4.91 Å². The number of benzene rings is 1. The maximum Gasteiger partial charge on any atom is 0.113 e. The van der Waals surface area contributed by atoms with Gasteiger partial charge in [-0.05, 0) is 23.7 Å². The lowest BCUT2D eigenvalue weighted by molar-refractivity contribution is 0.956. The molecule has 12 heavy (non-hydrogen) atoms. The van der Waals surface area contributed by atoms with Crippen molar-refractivity contribution in [2.75, 3.05) is 18.5 Å². The van der Waals surface area contributed by atoms with Crippen LogP contribution in [0.2, 0.25) is 0 Å². The maximum absolute atomic E-state index is 10.4. The van der Waals surface area contributed by atoms with Crippen molar-refractivity contribution in [2.45, 2.75) is 6.42 Å². The van der Waals surface area contributed by atoms with Crippen molar-refractivity contribution in [3.8, 4) is 0 Å². The number of hydrogen-bond acceptors (Lipinski definition) is 3. The van der Waals surface area contributed by atoms with Gasteiger partial charge in [-0.25, -0.2) is 0 Å². The van der Waals surface area contributed by atoms with Gasteiger partial charge < -0.3 is 4.90 Å². The summed E-state index contributed by atoms with van der Waals surface area (Å²) >= 11 is 0. The fourth-order valence-corrected chi connectivity index (χ4v) is 1.66. The molecule has 1 aromatic carbocycles. The average Bonchev–Trinajstić information content (AvgIpc) is 2.48. The molecule has 0 saturated carbocycles. The van der Waals surface area contributed by atoms with E-state index in [4.69, 9.17) is 0 Å². The van der Waals surface area contributed by atoms with E-state index in [1.54, 1.807) is 6.07 Å². The van der Waals surface area contributed by atoms with Crippen LogP contribution in [0.15, 0.2) is 23.4 Å². The molecule has 0 radical (unpaired) electrons. The molecule has 0 saturated heterocycles. The monoisotopic (exact) mass is 162 g/mol. The van der Waals surface area contributed by atoms with Crippen LogP contribution in [0.4, 0.5) is 11.4 Å². The van der Waals surface area contributed by atoms with Gasteiger partial charge in [0.05, 0.1) is 0 Å². The molecule has 0 fully saturated rings. The van der Waals surface area contributed by atoms with Gasteiger partial charge in [-0.1, -0.05) is 6.07 Å². The van der Waals surface area contributed by atoms with E-state index in [0.29, 0.717) is 5.69 Å². The number of anilines is 1. The topological polar surface area (TPSA) is 32.7 Å². The molecule has 1 aromatic rings. The molecule has 0 aliphatic carbocycles. The third-order valence-corrected chi connectivity index (χ3v) is 2.33. The average molecular weight is 162 g/mol. The summed E-state index contributed by atoms with van der Waals surface area (Å²) in [6.45, 7) is 0.988. The van der Waals surface area contributed by atoms with Gasteiger partial charge in [0, 0.05) is 24.8 Å². The summed E-state index contributed by atoms with van der Waals surface area (Å²) in [6.07, 6.45) is 0.938. The van der Waals surface area contributed by atoms with Crippen LogP contribution in [-0.4, -0.2) is 13.6 Å². The predicted molar refractivity (Wildman–Crippen MR) is 48.9 cm³/mol. The van der Waals surface area contributed by atoms with Crippen LogP contribution in [0.3, 0.4) is 0 Å². The van der Waals surface area contributed by atoms with Crippen molar-refractivity contribution < 1.29 is 0 Å². The third-order valence-electron chi connectivity index (χ3n) is 2.33. The standard InChI is InChI=1S/C9H10N2O/c1-11-6-5-7-8(10-12)3-2-4-9(7)11/h2-4H,5-6H2,1H3. The van der Waals surface area contributed by atoms with Crippen molar-refractivity contribution in [2.24, 2.45) is 5.18 Å². The fourth-order valence-electron chi connectivity index (χ4n) is 1.66. The molecule has 3 heteroatoms. The first kappa shape index (κ1) is 7.28. The summed E-state index contributed by atoms with van der Waals surface area (Å²) < 4.78 is 0. The predicted octanol–water partition coefficient (Wildman–Crippen LogP) is 2.08. The van der Waals surface area contributed by atoms with Crippen molar-refractivity contribution in [1.29, 1.82) is 0 Å². The summed E-state index contributed by atoms with van der Waals surface area (Å²) in [6, 6.07) is 5.67. The second-order valence-electron chi connectivity index (χ2n) is 3.04. The molecule has 0 spiro atoms. The highest BCUT2D eigenvalue weighted by molar-refractivity contribution is 5.67. The molecule has 0 atom stereocenters. The number of rotatable bonds is 1. The van der Waals surface area contributed by atoms with E-state index in [2.05, 4.69) is 10.1 Å². The molecule has 0 amide bonds. The van der Waals surface area contributed by atoms with Crippen LogP contribution in [-0.2, 0) is 6.42 Å². The quantitative estimate of drug-likeness (QED) is 0.592. The molecule has 1 aliphatic heterocycles. The highest BCUT2D eigenvalue weighted by atomic mass is 16.3. The Labute approximate surface area is 71.0 Å². The molecule has 1 aliphatic rings. The molecular formula is C9H10N2O. The number of fused-ring (bicyclic) bond motifs is 1. The van der Waals surface area contributed by atoms with Crippen LogP contribution in [0.5, 0.6) is 0 Å². The molecule has 1 heterocycles.